The minimum absolute atomic E-state index is 0.998. The number of aryl methyl sites for hydroxylation is 2. The normalized spacial score (nSPS) is 10.1. The monoisotopic (exact) mass is 153 g/mol. The average Bonchev–Trinajstić information content (AvgIpc) is 2.26. The molecular formula is C8H15N3. The number of aromatic nitrogens is 2. The Kier molecular flexibility index (Phi) is 2.52. The number of nitrogens with zero attached hydrogens (tertiary/aromatic N) is 2. The van der Waals surface area contributed by atoms with Crippen molar-refractivity contribution in [3.05, 3.63) is 11.8 Å². The molecule has 3 nitrogen and oxygen atoms in total. The zero-order chi connectivity index (χ0) is 8.27. The zero-order valence-corrected chi connectivity index (χ0v) is 7.39. The summed E-state index contributed by atoms with van der Waals surface area (Å²) in [4.78, 5) is 0. The first kappa shape index (κ1) is 8.11. The highest BCUT2D eigenvalue weighted by Crippen LogP contribution is 2.09. The predicted octanol–water partition coefficient (Wildman–Crippen LogP) is 1.55. The second-order valence-electron chi connectivity index (χ2n) is 2.76. The van der Waals surface area contributed by atoms with Crippen LogP contribution in [0.5, 0.6) is 0 Å². The average molecular weight is 153 g/mol. The highest BCUT2D eigenvalue weighted by Gasteiger charge is 1.99. The number of nitrogens with one attached hydrogen (secondary N) is 1. The molecule has 0 saturated carbocycles. The maximum absolute atomic E-state index is 4.25. The van der Waals surface area contributed by atoms with Gasteiger partial charge in [-0.3, -0.25) is 4.68 Å². The lowest BCUT2D eigenvalue weighted by Crippen LogP contribution is -2.01. The molecule has 0 aliphatic heterocycles. The fraction of sp³-hybridized carbons (Fsp3) is 0.625. The van der Waals surface area contributed by atoms with Crippen LogP contribution in [0.25, 0.3) is 0 Å². The summed E-state index contributed by atoms with van der Waals surface area (Å²) in [5.74, 6) is 1.01. The number of rotatable bonds is 3. The van der Waals surface area contributed by atoms with Crippen LogP contribution in [0.15, 0.2) is 6.20 Å². The van der Waals surface area contributed by atoms with Crippen molar-refractivity contribution in [1.82, 2.24) is 9.78 Å². The van der Waals surface area contributed by atoms with E-state index >= 15 is 0 Å². The predicted molar refractivity (Wildman–Crippen MR) is 46.7 cm³/mol. The van der Waals surface area contributed by atoms with E-state index in [0.717, 1.165) is 18.8 Å². The van der Waals surface area contributed by atoms with E-state index in [2.05, 4.69) is 24.3 Å². The Morgan fingerprint density at radius 1 is 1.64 bits per heavy atom. The minimum atomic E-state index is 0.998. The maximum Gasteiger partial charge on any atom is 0.150 e. The number of anilines is 1. The first-order chi connectivity index (χ1) is 5.24. The Labute approximate surface area is 67.4 Å². The molecule has 62 valence electrons. The molecule has 1 rings (SSSR count). The van der Waals surface area contributed by atoms with Crippen LogP contribution in [-0.2, 0) is 7.05 Å². The number of hydrogen-bond acceptors (Lipinski definition) is 2. The van der Waals surface area contributed by atoms with Crippen molar-refractivity contribution in [3.63, 3.8) is 0 Å². The summed E-state index contributed by atoms with van der Waals surface area (Å²) in [6.07, 6.45) is 3.15. The van der Waals surface area contributed by atoms with Crippen LogP contribution in [0.1, 0.15) is 18.9 Å². The van der Waals surface area contributed by atoms with Gasteiger partial charge in [0.15, 0.2) is 5.82 Å². The lowest BCUT2D eigenvalue weighted by molar-refractivity contribution is 0.767. The van der Waals surface area contributed by atoms with Gasteiger partial charge in [0, 0.05) is 25.4 Å². The summed E-state index contributed by atoms with van der Waals surface area (Å²) in [6, 6.07) is 0. The molecular weight excluding hydrogens is 138 g/mol. The molecule has 0 radical (unpaired) electrons. The lowest BCUT2D eigenvalue weighted by Gasteiger charge is -1.99. The summed E-state index contributed by atoms with van der Waals surface area (Å²) >= 11 is 0. The van der Waals surface area contributed by atoms with Crippen LogP contribution in [0.4, 0.5) is 5.82 Å². The van der Waals surface area contributed by atoms with E-state index in [0.29, 0.717) is 0 Å². The smallest absolute Gasteiger partial charge is 0.150 e. The Hall–Kier alpha value is -0.990. The molecule has 0 aromatic carbocycles. The fourth-order valence-electron chi connectivity index (χ4n) is 1.03. The van der Waals surface area contributed by atoms with Crippen molar-refractivity contribution in [2.45, 2.75) is 20.3 Å². The van der Waals surface area contributed by atoms with Gasteiger partial charge in [0.1, 0.15) is 0 Å². The van der Waals surface area contributed by atoms with Crippen LogP contribution in [0, 0.1) is 6.92 Å². The standard InChI is InChI=1S/C8H15N3/c1-4-5-9-8-7(2)6-11(3)10-8/h6H,4-5H2,1-3H3,(H,9,10). The molecule has 0 fully saturated rings. The van der Waals surface area contributed by atoms with Crippen LogP contribution >= 0.6 is 0 Å². The third kappa shape index (κ3) is 1.97. The van der Waals surface area contributed by atoms with E-state index < -0.39 is 0 Å². The van der Waals surface area contributed by atoms with Crippen LogP contribution in [-0.4, -0.2) is 16.3 Å². The van der Waals surface area contributed by atoms with Crippen LogP contribution < -0.4 is 5.32 Å². The third-order valence-electron chi connectivity index (χ3n) is 1.55. The van der Waals surface area contributed by atoms with E-state index in [-0.39, 0.29) is 0 Å². The van der Waals surface area contributed by atoms with Crippen molar-refractivity contribution in [2.24, 2.45) is 7.05 Å². The molecule has 0 aliphatic rings. The lowest BCUT2D eigenvalue weighted by atomic mass is 10.3. The molecule has 0 spiro atoms. The van der Waals surface area contributed by atoms with Crippen molar-refractivity contribution in [1.29, 1.82) is 0 Å². The summed E-state index contributed by atoms with van der Waals surface area (Å²) < 4.78 is 1.83. The summed E-state index contributed by atoms with van der Waals surface area (Å²) in [6.45, 7) is 5.20. The molecule has 1 aromatic rings. The zero-order valence-electron chi connectivity index (χ0n) is 7.39. The Balaban J connectivity index is 2.62. The molecule has 11 heavy (non-hydrogen) atoms. The molecule has 1 N–H and O–H groups in total. The Morgan fingerprint density at radius 3 is 2.82 bits per heavy atom. The van der Waals surface area contributed by atoms with Crippen LogP contribution in [0.2, 0.25) is 0 Å². The molecule has 0 bridgehead atoms. The molecule has 0 unspecified atom stereocenters. The van der Waals surface area contributed by atoms with E-state index in [1.54, 1.807) is 0 Å². The molecule has 0 aliphatic carbocycles. The van der Waals surface area contributed by atoms with E-state index in [4.69, 9.17) is 0 Å². The molecule has 0 amide bonds. The second kappa shape index (κ2) is 3.42. The van der Waals surface area contributed by atoms with E-state index in [1.807, 2.05) is 17.9 Å². The third-order valence-corrected chi connectivity index (χ3v) is 1.55. The minimum Gasteiger partial charge on any atom is -0.368 e. The van der Waals surface area contributed by atoms with Crippen LogP contribution in [0.3, 0.4) is 0 Å². The van der Waals surface area contributed by atoms with Gasteiger partial charge in [-0.05, 0) is 13.3 Å². The van der Waals surface area contributed by atoms with E-state index in [9.17, 15) is 0 Å². The summed E-state index contributed by atoms with van der Waals surface area (Å²) in [7, 11) is 1.93. The Morgan fingerprint density at radius 2 is 2.36 bits per heavy atom. The van der Waals surface area contributed by atoms with Gasteiger partial charge in [-0.15, -0.1) is 0 Å². The van der Waals surface area contributed by atoms with Gasteiger partial charge in [0.25, 0.3) is 0 Å². The van der Waals surface area contributed by atoms with Gasteiger partial charge < -0.3 is 5.32 Å². The topological polar surface area (TPSA) is 29.9 Å². The van der Waals surface area contributed by atoms with Gasteiger partial charge >= 0.3 is 0 Å². The summed E-state index contributed by atoms with van der Waals surface area (Å²) in [5.41, 5.74) is 1.21. The molecule has 1 heterocycles. The van der Waals surface area contributed by atoms with Gasteiger partial charge in [0.2, 0.25) is 0 Å². The summed E-state index contributed by atoms with van der Waals surface area (Å²) in [5, 5.41) is 7.50. The quantitative estimate of drug-likeness (QED) is 0.714. The van der Waals surface area contributed by atoms with Gasteiger partial charge in [-0.2, -0.15) is 5.10 Å². The fourth-order valence-corrected chi connectivity index (χ4v) is 1.03. The Bertz CT molecular complexity index is 227. The van der Waals surface area contributed by atoms with Crippen molar-refractivity contribution in [2.75, 3.05) is 11.9 Å². The van der Waals surface area contributed by atoms with E-state index in [1.165, 1.54) is 5.56 Å². The first-order valence-electron chi connectivity index (χ1n) is 3.98. The largest absolute Gasteiger partial charge is 0.368 e. The highest BCUT2D eigenvalue weighted by molar-refractivity contribution is 5.41. The van der Waals surface area contributed by atoms with Gasteiger partial charge in [-0.25, -0.2) is 0 Å². The van der Waals surface area contributed by atoms with Crippen molar-refractivity contribution < 1.29 is 0 Å². The highest BCUT2D eigenvalue weighted by atomic mass is 15.3. The second-order valence-corrected chi connectivity index (χ2v) is 2.76. The SMILES string of the molecule is CCCNc1nn(C)cc1C. The molecule has 0 saturated heterocycles. The number of hydrogen-bond donors (Lipinski definition) is 1. The first-order valence-corrected chi connectivity index (χ1v) is 3.98. The van der Waals surface area contributed by atoms with Crippen molar-refractivity contribution >= 4 is 5.82 Å². The molecule has 0 atom stereocenters. The van der Waals surface area contributed by atoms with Gasteiger partial charge in [-0.1, -0.05) is 6.92 Å². The van der Waals surface area contributed by atoms with Gasteiger partial charge in [0.05, 0.1) is 0 Å². The molecule has 1 aromatic heterocycles. The maximum atomic E-state index is 4.25. The molecule has 3 heteroatoms. The van der Waals surface area contributed by atoms with Crippen molar-refractivity contribution in [3.8, 4) is 0 Å².